The molecule has 0 amide bonds. The molecule has 1 aromatic heterocycles. The first-order valence-electron chi connectivity index (χ1n) is 5.28. The zero-order valence-corrected chi connectivity index (χ0v) is 10.8. The second-order valence-electron chi connectivity index (χ2n) is 3.78. The Kier molecular flexibility index (Phi) is 3.87. The van der Waals surface area contributed by atoms with Crippen LogP contribution in [0.25, 0.3) is 0 Å². The number of pyridine rings is 1. The van der Waals surface area contributed by atoms with Crippen LogP contribution in [0, 0.1) is 0 Å². The first kappa shape index (κ1) is 12.2. The van der Waals surface area contributed by atoms with Crippen LogP contribution in [-0.4, -0.2) is 4.98 Å². The topological polar surface area (TPSA) is 24.9 Å². The van der Waals surface area contributed by atoms with E-state index in [0.29, 0.717) is 10.0 Å². The maximum absolute atomic E-state index is 5.96. The van der Waals surface area contributed by atoms with Crippen molar-refractivity contribution in [2.45, 2.75) is 13.0 Å². The third-order valence-electron chi connectivity index (χ3n) is 2.51. The zero-order valence-electron chi connectivity index (χ0n) is 9.32. The predicted octanol–water partition coefficient (Wildman–Crippen LogP) is 4.56. The first-order valence-corrected chi connectivity index (χ1v) is 6.04. The summed E-state index contributed by atoms with van der Waals surface area (Å²) in [5.74, 6) is 0. The molecule has 88 valence electrons. The van der Waals surface area contributed by atoms with Crippen LogP contribution in [0.4, 0.5) is 5.69 Å². The van der Waals surface area contributed by atoms with E-state index in [-0.39, 0.29) is 6.04 Å². The van der Waals surface area contributed by atoms with Gasteiger partial charge in [0.05, 0.1) is 10.0 Å². The fourth-order valence-electron chi connectivity index (χ4n) is 1.57. The molecular formula is C13H12Cl2N2. The third-order valence-corrected chi connectivity index (χ3v) is 3.25. The van der Waals surface area contributed by atoms with Crippen LogP contribution in [0.2, 0.25) is 10.0 Å². The normalized spacial score (nSPS) is 12.2. The molecule has 1 unspecified atom stereocenters. The lowest BCUT2D eigenvalue weighted by molar-refractivity contribution is 0.881. The molecule has 0 aliphatic heterocycles. The summed E-state index contributed by atoms with van der Waals surface area (Å²) in [6.07, 6.45) is 3.56. The number of halogens is 2. The van der Waals surface area contributed by atoms with Crippen LogP contribution in [0.1, 0.15) is 18.5 Å². The van der Waals surface area contributed by atoms with E-state index < -0.39 is 0 Å². The highest BCUT2D eigenvalue weighted by atomic mass is 35.5. The number of hydrogen-bond acceptors (Lipinski definition) is 2. The van der Waals surface area contributed by atoms with Crippen molar-refractivity contribution in [3.05, 3.63) is 58.3 Å². The van der Waals surface area contributed by atoms with Crippen molar-refractivity contribution in [2.24, 2.45) is 0 Å². The standard InChI is InChI=1S/C13H12Cl2N2/c1-9(10-4-6-16-7-5-10)17-11-2-3-12(14)13(15)8-11/h2-9,17H,1H3. The molecule has 2 nitrogen and oxygen atoms in total. The van der Waals surface area contributed by atoms with Crippen LogP contribution in [0.5, 0.6) is 0 Å². The van der Waals surface area contributed by atoms with Gasteiger partial charge in [-0.3, -0.25) is 4.98 Å². The number of hydrogen-bond donors (Lipinski definition) is 1. The van der Waals surface area contributed by atoms with Gasteiger partial charge in [0.15, 0.2) is 0 Å². The van der Waals surface area contributed by atoms with E-state index in [1.54, 1.807) is 18.5 Å². The van der Waals surface area contributed by atoms with Crippen molar-refractivity contribution >= 4 is 28.9 Å². The van der Waals surface area contributed by atoms with E-state index in [2.05, 4.69) is 17.2 Å². The Hall–Kier alpha value is -1.25. The summed E-state index contributed by atoms with van der Waals surface area (Å²) < 4.78 is 0. The van der Waals surface area contributed by atoms with E-state index >= 15 is 0 Å². The molecule has 2 aromatic rings. The van der Waals surface area contributed by atoms with E-state index in [4.69, 9.17) is 23.2 Å². The van der Waals surface area contributed by atoms with Crippen LogP contribution in [-0.2, 0) is 0 Å². The quantitative estimate of drug-likeness (QED) is 0.881. The fraction of sp³-hybridized carbons (Fsp3) is 0.154. The Morgan fingerprint density at radius 3 is 2.41 bits per heavy atom. The van der Waals surface area contributed by atoms with Crippen LogP contribution < -0.4 is 5.32 Å². The molecule has 4 heteroatoms. The molecule has 0 bridgehead atoms. The van der Waals surface area contributed by atoms with Crippen molar-refractivity contribution in [1.29, 1.82) is 0 Å². The molecular weight excluding hydrogens is 255 g/mol. The zero-order chi connectivity index (χ0) is 12.3. The summed E-state index contributed by atoms with van der Waals surface area (Å²) in [6, 6.07) is 9.67. The van der Waals surface area contributed by atoms with Gasteiger partial charge < -0.3 is 5.32 Å². The molecule has 0 fully saturated rings. The van der Waals surface area contributed by atoms with Gasteiger partial charge in [0.2, 0.25) is 0 Å². The maximum atomic E-state index is 5.96. The van der Waals surface area contributed by atoms with Gasteiger partial charge in [-0.15, -0.1) is 0 Å². The van der Waals surface area contributed by atoms with Crippen LogP contribution in [0.15, 0.2) is 42.7 Å². The molecule has 1 heterocycles. The second kappa shape index (κ2) is 5.39. The highest BCUT2D eigenvalue weighted by Gasteiger charge is 2.05. The Bertz CT molecular complexity index is 500. The van der Waals surface area contributed by atoms with Gasteiger partial charge in [0, 0.05) is 24.1 Å². The number of nitrogens with one attached hydrogen (secondary N) is 1. The number of benzene rings is 1. The number of aromatic nitrogens is 1. The third kappa shape index (κ3) is 3.11. The van der Waals surface area contributed by atoms with Crippen LogP contribution >= 0.6 is 23.2 Å². The highest BCUT2D eigenvalue weighted by Crippen LogP contribution is 2.27. The van der Waals surface area contributed by atoms with Gasteiger partial charge in [-0.2, -0.15) is 0 Å². The molecule has 2 rings (SSSR count). The molecule has 0 radical (unpaired) electrons. The summed E-state index contributed by atoms with van der Waals surface area (Å²) >= 11 is 11.8. The van der Waals surface area contributed by atoms with Gasteiger partial charge in [0.1, 0.15) is 0 Å². The molecule has 0 saturated carbocycles. The molecule has 1 atom stereocenters. The average Bonchev–Trinajstić information content (AvgIpc) is 2.35. The van der Waals surface area contributed by atoms with Gasteiger partial charge in [-0.05, 0) is 42.8 Å². The minimum absolute atomic E-state index is 0.190. The van der Waals surface area contributed by atoms with Gasteiger partial charge in [0.25, 0.3) is 0 Å². The summed E-state index contributed by atoms with van der Waals surface area (Å²) in [6.45, 7) is 2.08. The van der Waals surface area contributed by atoms with E-state index in [1.165, 1.54) is 5.56 Å². The predicted molar refractivity (Wildman–Crippen MR) is 72.7 cm³/mol. The first-order chi connectivity index (χ1) is 8.16. The number of rotatable bonds is 3. The van der Waals surface area contributed by atoms with Crippen molar-refractivity contribution in [3.63, 3.8) is 0 Å². The van der Waals surface area contributed by atoms with E-state index in [9.17, 15) is 0 Å². The second-order valence-corrected chi connectivity index (χ2v) is 4.59. The summed E-state index contributed by atoms with van der Waals surface area (Å²) in [4.78, 5) is 3.99. The Balaban J connectivity index is 2.13. The molecule has 17 heavy (non-hydrogen) atoms. The minimum Gasteiger partial charge on any atom is -0.378 e. The van der Waals surface area contributed by atoms with Crippen LogP contribution in [0.3, 0.4) is 0 Å². The minimum atomic E-state index is 0.190. The molecule has 0 aliphatic carbocycles. The van der Waals surface area contributed by atoms with Crippen molar-refractivity contribution < 1.29 is 0 Å². The monoisotopic (exact) mass is 266 g/mol. The van der Waals surface area contributed by atoms with Crippen molar-refractivity contribution in [1.82, 2.24) is 4.98 Å². The SMILES string of the molecule is CC(Nc1ccc(Cl)c(Cl)c1)c1ccncc1. The Morgan fingerprint density at radius 2 is 1.76 bits per heavy atom. The summed E-state index contributed by atoms with van der Waals surface area (Å²) in [7, 11) is 0. The lowest BCUT2D eigenvalue weighted by Gasteiger charge is -2.15. The summed E-state index contributed by atoms with van der Waals surface area (Å²) in [5.41, 5.74) is 2.12. The Morgan fingerprint density at radius 1 is 1.06 bits per heavy atom. The van der Waals surface area contributed by atoms with Crippen molar-refractivity contribution in [3.8, 4) is 0 Å². The van der Waals surface area contributed by atoms with E-state index in [1.807, 2.05) is 24.3 Å². The van der Waals surface area contributed by atoms with Gasteiger partial charge in [-0.1, -0.05) is 23.2 Å². The molecule has 0 spiro atoms. The largest absolute Gasteiger partial charge is 0.378 e. The number of nitrogens with zero attached hydrogens (tertiary/aromatic N) is 1. The van der Waals surface area contributed by atoms with Gasteiger partial charge >= 0.3 is 0 Å². The number of anilines is 1. The van der Waals surface area contributed by atoms with Crippen molar-refractivity contribution in [2.75, 3.05) is 5.32 Å². The molecule has 0 saturated heterocycles. The molecule has 1 N–H and O–H groups in total. The fourth-order valence-corrected chi connectivity index (χ4v) is 1.87. The molecule has 1 aromatic carbocycles. The lowest BCUT2D eigenvalue weighted by atomic mass is 10.1. The highest BCUT2D eigenvalue weighted by molar-refractivity contribution is 6.42. The Labute approximate surface area is 111 Å². The molecule has 0 aliphatic rings. The lowest BCUT2D eigenvalue weighted by Crippen LogP contribution is -2.06. The smallest absolute Gasteiger partial charge is 0.0612 e. The van der Waals surface area contributed by atoms with E-state index in [0.717, 1.165) is 5.69 Å². The maximum Gasteiger partial charge on any atom is 0.0612 e. The average molecular weight is 267 g/mol. The van der Waals surface area contributed by atoms with Gasteiger partial charge in [-0.25, -0.2) is 0 Å². The summed E-state index contributed by atoms with van der Waals surface area (Å²) in [5, 5.41) is 4.47.